The van der Waals surface area contributed by atoms with Crippen molar-refractivity contribution in [3.63, 3.8) is 0 Å². The lowest BCUT2D eigenvalue weighted by molar-refractivity contribution is 0.147. The van der Waals surface area contributed by atoms with Gasteiger partial charge >= 0.3 is 0 Å². The van der Waals surface area contributed by atoms with Crippen LogP contribution in [0.25, 0.3) is 0 Å². The van der Waals surface area contributed by atoms with Crippen molar-refractivity contribution < 1.29 is 4.74 Å². The summed E-state index contributed by atoms with van der Waals surface area (Å²) in [7, 11) is 1.79. The van der Waals surface area contributed by atoms with Crippen molar-refractivity contribution in [2.24, 2.45) is 11.8 Å². The quantitative estimate of drug-likeness (QED) is 0.638. The molecule has 0 radical (unpaired) electrons. The molecule has 1 N–H and O–H groups in total. The molecular formula is C13H29NO. The van der Waals surface area contributed by atoms with Gasteiger partial charge in [-0.1, -0.05) is 27.7 Å². The smallest absolute Gasteiger partial charge is 0.0488 e. The van der Waals surface area contributed by atoms with Gasteiger partial charge in [-0.15, -0.1) is 0 Å². The molecule has 0 heterocycles. The van der Waals surface area contributed by atoms with Gasteiger partial charge in [0.1, 0.15) is 0 Å². The largest absolute Gasteiger partial charge is 0.384 e. The summed E-state index contributed by atoms with van der Waals surface area (Å²) in [5.41, 5.74) is 0. The van der Waals surface area contributed by atoms with Crippen molar-refractivity contribution in [1.82, 2.24) is 5.32 Å². The first kappa shape index (κ1) is 14.9. The Balaban J connectivity index is 3.87. The van der Waals surface area contributed by atoms with Gasteiger partial charge in [-0.25, -0.2) is 0 Å². The van der Waals surface area contributed by atoms with Crippen molar-refractivity contribution in [2.75, 3.05) is 20.3 Å². The van der Waals surface area contributed by atoms with E-state index >= 15 is 0 Å². The van der Waals surface area contributed by atoms with Crippen LogP contribution in [0.3, 0.4) is 0 Å². The topological polar surface area (TPSA) is 21.3 Å². The van der Waals surface area contributed by atoms with Crippen molar-refractivity contribution in [1.29, 1.82) is 0 Å². The first-order chi connectivity index (χ1) is 7.10. The van der Waals surface area contributed by atoms with E-state index in [-0.39, 0.29) is 0 Å². The van der Waals surface area contributed by atoms with Crippen LogP contribution in [0.2, 0.25) is 0 Å². The summed E-state index contributed by atoms with van der Waals surface area (Å²) >= 11 is 0. The standard InChI is InChI=1S/C13H29NO/c1-6-7-14-13(8-11(2)3)9-12(4)10-15-5/h11-14H,6-10H2,1-5H3. The SMILES string of the molecule is CCCNC(CC(C)C)CC(C)COC. The van der Waals surface area contributed by atoms with Crippen molar-refractivity contribution in [2.45, 2.75) is 53.0 Å². The van der Waals surface area contributed by atoms with Gasteiger partial charge in [0.15, 0.2) is 0 Å². The molecule has 0 aliphatic heterocycles. The zero-order valence-corrected chi connectivity index (χ0v) is 11.2. The van der Waals surface area contributed by atoms with Gasteiger partial charge in [0.2, 0.25) is 0 Å². The molecule has 0 saturated carbocycles. The highest BCUT2D eigenvalue weighted by Gasteiger charge is 2.13. The second-order valence-electron chi connectivity index (χ2n) is 5.08. The van der Waals surface area contributed by atoms with Crippen LogP contribution in [0, 0.1) is 11.8 Å². The van der Waals surface area contributed by atoms with E-state index in [1.165, 1.54) is 19.3 Å². The highest BCUT2D eigenvalue weighted by molar-refractivity contribution is 4.71. The molecule has 0 saturated heterocycles. The highest BCUT2D eigenvalue weighted by Crippen LogP contribution is 2.13. The Hall–Kier alpha value is -0.0800. The van der Waals surface area contributed by atoms with Crippen molar-refractivity contribution >= 4 is 0 Å². The molecule has 0 aromatic rings. The molecule has 15 heavy (non-hydrogen) atoms. The molecule has 0 fully saturated rings. The maximum absolute atomic E-state index is 5.19. The Morgan fingerprint density at radius 1 is 1.13 bits per heavy atom. The van der Waals surface area contributed by atoms with E-state index in [1.807, 2.05) is 0 Å². The van der Waals surface area contributed by atoms with E-state index in [2.05, 4.69) is 33.0 Å². The third-order valence-corrected chi connectivity index (χ3v) is 2.58. The number of hydrogen-bond acceptors (Lipinski definition) is 2. The fourth-order valence-corrected chi connectivity index (χ4v) is 2.02. The molecule has 2 unspecified atom stereocenters. The van der Waals surface area contributed by atoms with Crippen molar-refractivity contribution in [3.8, 4) is 0 Å². The lowest BCUT2D eigenvalue weighted by atomic mass is 9.95. The van der Waals surface area contributed by atoms with Crippen LogP contribution < -0.4 is 5.32 Å². The third-order valence-electron chi connectivity index (χ3n) is 2.58. The van der Waals surface area contributed by atoms with E-state index in [1.54, 1.807) is 7.11 Å². The minimum atomic E-state index is 0.656. The van der Waals surface area contributed by atoms with E-state index in [0.717, 1.165) is 19.1 Å². The summed E-state index contributed by atoms with van der Waals surface area (Å²) in [6.07, 6.45) is 3.72. The summed E-state index contributed by atoms with van der Waals surface area (Å²) in [5, 5.41) is 3.63. The summed E-state index contributed by atoms with van der Waals surface area (Å²) < 4.78 is 5.19. The fraction of sp³-hybridized carbons (Fsp3) is 1.00. The van der Waals surface area contributed by atoms with Gasteiger partial charge in [0, 0.05) is 19.8 Å². The predicted octanol–water partition coefficient (Wildman–Crippen LogP) is 3.07. The molecule has 0 aromatic heterocycles. The second kappa shape index (κ2) is 9.17. The summed E-state index contributed by atoms with van der Waals surface area (Å²) in [6, 6.07) is 0.662. The van der Waals surface area contributed by atoms with E-state index in [9.17, 15) is 0 Å². The molecule has 0 spiro atoms. The number of nitrogens with one attached hydrogen (secondary N) is 1. The first-order valence-corrected chi connectivity index (χ1v) is 6.32. The van der Waals surface area contributed by atoms with Gasteiger partial charge in [0.25, 0.3) is 0 Å². The number of ether oxygens (including phenoxy) is 1. The maximum atomic E-state index is 5.19. The van der Waals surface area contributed by atoms with Crippen LogP contribution in [0.1, 0.15) is 47.0 Å². The van der Waals surface area contributed by atoms with E-state index in [0.29, 0.717) is 12.0 Å². The van der Waals surface area contributed by atoms with Gasteiger partial charge < -0.3 is 10.1 Å². The Morgan fingerprint density at radius 3 is 2.27 bits per heavy atom. The number of methoxy groups -OCH3 is 1. The lowest BCUT2D eigenvalue weighted by Crippen LogP contribution is -2.33. The maximum Gasteiger partial charge on any atom is 0.0488 e. The zero-order chi connectivity index (χ0) is 11.7. The van der Waals surface area contributed by atoms with Gasteiger partial charge in [-0.3, -0.25) is 0 Å². The minimum absolute atomic E-state index is 0.656. The summed E-state index contributed by atoms with van der Waals surface area (Å²) in [5.74, 6) is 1.43. The molecule has 2 heteroatoms. The number of rotatable bonds is 9. The Labute approximate surface area is 95.8 Å². The second-order valence-corrected chi connectivity index (χ2v) is 5.08. The molecule has 0 bridgehead atoms. The first-order valence-electron chi connectivity index (χ1n) is 6.32. The van der Waals surface area contributed by atoms with Gasteiger partial charge in [0.05, 0.1) is 0 Å². The van der Waals surface area contributed by atoms with Gasteiger partial charge in [-0.05, 0) is 37.6 Å². The molecule has 0 aliphatic carbocycles. The summed E-state index contributed by atoms with van der Waals surface area (Å²) in [4.78, 5) is 0. The van der Waals surface area contributed by atoms with E-state index in [4.69, 9.17) is 4.74 Å². The molecule has 0 aliphatic rings. The zero-order valence-electron chi connectivity index (χ0n) is 11.2. The average Bonchev–Trinajstić information content (AvgIpc) is 2.13. The van der Waals surface area contributed by atoms with Crippen LogP contribution in [0.5, 0.6) is 0 Å². The average molecular weight is 215 g/mol. The normalized spacial score (nSPS) is 15.6. The predicted molar refractivity (Wildman–Crippen MR) is 67.2 cm³/mol. The Kier molecular flexibility index (Phi) is 9.12. The molecule has 2 nitrogen and oxygen atoms in total. The van der Waals surface area contributed by atoms with Crippen LogP contribution in [-0.4, -0.2) is 26.3 Å². The van der Waals surface area contributed by atoms with Crippen LogP contribution in [-0.2, 0) is 4.74 Å². The molecule has 0 aromatic carbocycles. The molecule has 92 valence electrons. The molecular weight excluding hydrogens is 186 g/mol. The summed E-state index contributed by atoms with van der Waals surface area (Å²) in [6.45, 7) is 11.1. The van der Waals surface area contributed by atoms with Crippen LogP contribution >= 0.6 is 0 Å². The minimum Gasteiger partial charge on any atom is -0.384 e. The third kappa shape index (κ3) is 8.88. The van der Waals surface area contributed by atoms with Crippen LogP contribution in [0.4, 0.5) is 0 Å². The Bertz CT molecular complexity index is 136. The molecule has 0 rings (SSSR count). The molecule has 0 amide bonds. The molecule has 2 atom stereocenters. The van der Waals surface area contributed by atoms with E-state index < -0.39 is 0 Å². The van der Waals surface area contributed by atoms with Crippen LogP contribution in [0.15, 0.2) is 0 Å². The Morgan fingerprint density at radius 2 is 1.80 bits per heavy atom. The lowest BCUT2D eigenvalue weighted by Gasteiger charge is -2.23. The highest BCUT2D eigenvalue weighted by atomic mass is 16.5. The monoisotopic (exact) mass is 215 g/mol. The van der Waals surface area contributed by atoms with Gasteiger partial charge in [-0.2, -0.15) is 0 Å². The van der Waals surface area contributed by atoms with Crippen molar-refractivity contribution in [3.05, 3.63) is 0 Å². The fourth-order valence-electron chi connectivity index (χ4n) is 2.02. The number of hydrogen-bond donors (Lipinski definition) is 1.